The van der Waals surface area contributed by atoms with Crippen LogP contribution >= 0.6 is 11.3 Å². The van der Waals surface area contributed by atoms with E-state index in [-0.39, 0.29) is 18.1 Å². The maximum atomic E-state index is 12.7. The summed E-state index contributed by atoms with van der Waals surface area (Å²) in [5.41, 5.74) is 3.21. The lowest BCUT2D eigenvalue weighted by molar-refractivity contribution is 0.157. The summed E-state index contributed by atoms with van der Waals surface area (Å²) in [5.74, 6) is 0. The number of thiophene rings is 1. The smallest absolute Gasteiger partial charge is 0.319 e. The molecule has 2 heterocycles. The van der Waals surface area contributed by atoms with Gasteiger partial charge >= 0.3 is 6.03 Å². The summed E-state index contributed by atoms with van der Waals surface area (Å²) in [5, 5.41) is 8.26. The van der Waals surface area contributed by atoms with E-state index in [1.165, 1.54) is 10.6 Å². The molecule has 2 aromatic carbocycles. The lowest BCUT2D eigenvalue weighted by Gasteiger charge is -2.42. The van der Waals surface area contributed by atoms with E-state index in [0.717, 1.165) is 37.4 Å². The van der Waals surface area contributed by atoms with E-state index in [2.05, 4.69) is 75.2 Å². The number of piperazine rings is 1. The third-order valence-corrected chi connectivity index (χ3v) is 6.71. The molecule has 5 nitrogen and oxygen atoms in total. The van der Waals surface area contributed by atoms with Crippen LogP contribution in [0, 0.1) is 6.92 Å². The molecule has 1 aromatic heterocycles. The third-order valence-electron chi connectivity index (χ3n) is 5.77. The van der Waals surface area contributed by atoms with Crippen LogP contribution in [0.1, 0.15) is 23.4 Å². The number of anilines is 2. The summed E-state index contributed by atoms with van der Waals surface area (Å²) in [6.45, 7) is 8.01. The van der Waals surface area contributed by atoms with Crippen molar-refractivity contribution in [3.63, 3.8) is 0 Å². The van der Waals surface area contributed by atoms with E-state index in [0.29, 0.717) is 0 Å². The number of carbonyl (C=O) groups excluding carboxylic acids is 1. The fourth-order valence-corrected chi connectivity index (χ4v) is 5.24. The number of carbonyl (C=O) groups is 1. The molecule has 0 radical (unpaired) electrons. The standard InChI is InChI=1S/C25H30N4OS/c1-19-8-6-9-21(18-19)27-25(30)26-20(2)24(23-12-7-17-31-23)29-15-13-28(14-16-29)22-10-4-3-5-11-22/h3-12,17-18,20,24H,13-16H2,1-2H3,(H2,26,27,30)/t20-,24+/m0/s1. The molecule has 1 saturated heterocycles. The van der Waals surface area contributed by atoms with Crippen molar-refractivity contribution in [2.75, 3.05) is 36.4 Å². The molecule has 1 aliphatic rings. The van der Waals surface area contributed by atoms with Gasteiger partial charge in [0.25, 0.3) is 0 Å². The maximum absolute atomic E-state index is 12.7. The van der Waals surface area contributed by atoms with Crippen LogP contribution in [0.3, 0.4) is 0 Å². The van der Waals surface area contributed by atoms with Gasteiger partial charge in [0.15, 0.2) is 0 Å². The minimum Gasteiger partial charge on any atom is -0.369 e. The van der Waals surface area contributed by atoms with Crippen LogP contribution in [-0.2, 0) is 0 Å². The Morgan fingerprint density at radius 2 is 1.74 bits per heavy atom. The number of rotatable bonds is 6. The van der Waals surface area contributed by atoms with Crippen LogP contribution in [0.15, 0.2) is 72.1 Å². The highest BCUT2D eigenvalue weighted by Crippen LogP contribution is 2.30. The lowest BCUT2D eigenvalue weighted by Crippen LogP contribution is -2.52. The van der Waals surface area contributed by atoms with Gasteiger partial charge in [-0.05, 0) is 55.1 Å². The van der Waals surface area contributed by atoms with Crippen molar-refractivity contribution in [3.8, 4) is 0 Å². The zero-order chi connectivity index (χ0) is 21.6. The Morgan fingerprint density at radius 1 is 0.968 bits per heavy atom. The highest BCUT2D eigenvalue weighted by Gasteiger charge is 2.31. The predicted octanol–water partition coefficient (Wildman–Crippen LogP) is 5.13. The number of nitrogens with zero attached hydrogens (tertiary/aromatic N) is 2. The molecule has 2 amide bonds. The molecule has 162 valence electrons. The van der Waals surface area contributed by atoms with Gasteiger partial charge in [-0.2, -0.15) is 0 Å². The van der Waals surface area contributed by atoms with Gasteiger partial charge in [-0.15, -0.1) is 11.3 Å². The monoisotopic (exact) mass is 434 g/mol. The second kappa shape index (κ2) is 9.98. The molecule has 4 rings (SSSR count). The number of aryl methyl sites for hydroxylation is 1. The van der Waals surface area contributed by atoms with Crippen molar-refractivity contribution >= 4 is 28.7 Å². The zero-order valence-corrected chi connectivity index (χ0v) is 18.9. The van der Waals surface area contributed by atoms with Gasteiger partial charge in [-0.25, -0.2) is 4.79 Å². The topological polar surface area (TPSA) is 47.6 Å². The quantitative estimate of drug-likeness (QED) is 0.565. The first-order valence-corrected chi connectivity index (χ1v) is 11.7. The molecule has 0 unspecified atom stereocenters. The van der Waals surface area contributed by atoms with E-state index in [1.54, 1.807) is 11.3 Å². The molecule has 0 aliphatic carbocycles. The van der Waals surface area contributed by atoms with E-state index >= 15 is 0 Å². The van der Waals surface area contributed by atoms with Gasteiger partial charge in [0.2, 0.25) is 0 Å². The molecule has 0 saturated carbocycles. The minimum atomic E-state index is -0.164. The largest absolute Gasteiger partial charge is 0.369 e. The van der Waals surface area contributed by atoms with Gasteiger partial charge in [-0.3, -0.25) is 4.90 Å². The van der Waals surface area contributed by atoms with Crippen LogP contribution in [0.25, 0.3) is 0 Å². The molecule has 3 aromatic rings. The Labute approximate surface area is 188 Å². The Kier molecular flexibility index (Phi) is 6.89. The Bertz CT molecular complexity index is 968. The van der Waals surface area contributed by atoms with E-state index in [1.807, 2.05) is 31.2 Å². The first-order chi connectivity index (χ1) is 15.1. The number of benzene rings is 2. The van der Waals surface area contributed by atoms with Crippen molar-refractivity contribution in [1.29, 1.82) is 0 Å². The normalized spacial score (nSPS) is 16.5. The van der Waals surface area contributed by atoms with Crippen LogP contribution in [0.2, 0.25) is 0 Å². The Balaban J connectivity index is 1.41. The van der Waals surface area contributed by atoms with Gasteiger partial charge < -0.3 is 15.5 Å². The maximum Gasteiger partial charge on any atom is 0.319 e. The van der Waals surface area contributed by atoms with Crippen molar-refractivity contribution in [1.82, 2.24) is 10.2 Å². The average Bonchev–Trinajstić information content (AvgIpc) is 3.29. The zero-order valence-electron chi connectivity index (χ0n) is 18.1. The molecule has 2 N–H and O–H groups in total. The molecule has 2 atom stereocenters. The Hall–Kier alpha value is -2.83. The molecule has 0 spiro atoms. The van der Waals surface area contributed by atoms with E-state index < -0.39 is 0 Å². The van der Waals surface area contributed by atoms with Crippen molar-refractivity contribution in [2.45, 2.75) is 25.9 Å². The fraction of sp³-hybridized carbons (Fsp3) is 0.320. The molecule has 0 bridgehead atoms. The summed E-state index contributed by atoms with van der Waals surface area (Å²) in [7, 11) is 0. The number of hydrogen-bond donors (Lipinski definition) is 2. The molecule has 1 fully saturated rings. The van der Waals surface area contributed by atoms with Crippen LogP contribution in [0.4, 0.5) is 16.2 Å². The van der Waals surface area contributed by atoms with E-state index in [9.17, 15) is 4.79 Å². The lowest BCUT2D eigenvalue weighted by atomic mass is 10.0. The summed E-state index contributed by atoms with van der Waals surface area (Å²) < 4.78 is 0. The minimum absolute atomic E-state index is 0.0215. The van der Waals surface area contributed by atoms with E-state index in [4.69, 9.17) is 0 Å². The molecule has 31 heavy (non-hydrogen) atoms. The van der Waals surface area contributed by atoms with Gasteiger partial charge in [-0.1, -0.05) is 36.4 Å². The predicted molar refractivity (Wildman–Crippen MR) is 130 cm³/mol. The average molecular weight is 435 g/mol. The number of amides is 2. The molecular weight excluding hydrogens is 404 g/mol. The summed E-state index contributed by atoms with van der Waals surface area (Å²) >= 11 is 1.76. The van der Waals surface area contributed by atoms with Gasteiger partial charge in [0, 0.05) is 48.5 Å². The second-order valence-corrected chi connectivity index (χ2v) is 9.05. The van der Waals surface area contributed by atoms with Crippen LogP contribution < -0.4 is 15.5 Å². The Morgan fingerprint density at radius 3 is 2.42 bits per heavy atom. The fourth-order valence-electron chi connectivity index (χ4n) is 4.27. The van der Waals surface area contributed by atoms with Crippen molar-refractivity contribution < 1.29 is 4.79 Å². The SMILES string of the molecule is Cc1cccc(NC(=O)N[C@@H](C)[C@H](c2cccs2)N2CCN(c3ccccc3)CC2)c1. The number of nitrogens with one attached hydrogen (secondary N) is 2. The number of para-hydroxylation sites is 1. The number of hydrogen-bond acceptors (Lipinski definition) is 4. The van der Waals surface area contributed by atoms with Crippen molar-refractivity contribution in [2.24, 2.45) is 0 Å². The van der Waals surface area contributed by atoms with Crippen LogP contribution in [-0.4, -0.2) is 43.2 Å². The molecular formula is C25H30N4OS. The van der Waals surface area contributed by atoms with Crippen LogP contribution in [0.5, 0.6) is 0 Å². The summed E-state index contributed by atoms with van der Waals surface area (Å²) in [4.78, 5) is 18.9. The molecule has 6 heteroatoms. The highest BCUT2D eigenvalue weighted by molar-refractivity contribution is 7.10. The first-order valence-electron chi connectivity index (χ1n) is 10.8. The summed E-state index contributed by atoms with van der Waals surface area (Å²) in [6, 6.07) is 22.7. The van der Waals surface area contributed by atoms with Gasteiger partial charge in [0.1, 0.15) is 0 Å². The van der Waals surface area contributed by atoms with Gasteiger partial charge in [0.05, 0.1) is 6.04 Å². The summed E-state index contributed by atoms with van der Waals surface area (Å²) in [6.07, 6.45) is 0. The first kappa shape index (κ1) is 21.4. The van der Waals surface area contributed by atoms with Crippen molar-refractivity contribution in [3.05, 3.63) is 82.6 Å². The highest BCUT2D eigenvalue weighted by atomic mass is 32.1. The molecule has 1 aliphatic heterocycles. The second-order valence-electron chi connectivity index (χ2n) is 8.08. The number of urea groups is 1. The third kappa shape index (κ3) is 5.46.